The molecule has 1 saturated heterocycles. The Hall–Kier alpha value is -1.78. The van der Waals surface area contributed by atoms with Crippen molar-refractivity contribution < 1.29 is 14.0 Å². The first-order chi connectivity index (χ1) is 11.6. The summed E-state index contributed by atoms with van der Waals surface area (Å²) in [7, 11) is 0. The molecule has 1 N–H and O–H groups in total. The number of nitrogens with one attached hydrogen (secondary N) is 1. The van der Waals surface area contributed by atoms with E-state index in [0.29, 0.717) is 25.4 Å². The van der Waals surface area contributed by atoms with Crippen molar-refractivity contribution in [3.05, 3.63) is 24.2 Å². The summed E-state index contributed by atoms with van der Waals surface area (Å²) in [6.45, 7) is 3.09. The van der Waals surface area contributed by atoms with Crippen LogP contribution in [0.25, 0.3) is 0 Å². The number of fused-ring (bicyclic) bond motifs is 2. The molecule has 0 radical (unpaired) electrons. The van der Waals surface area contributed by atoms with Crippen LogP contribution in [-0.2, 0) is 16.1 Å². The molecule has 2 saturated carbocycles. The van der Waals surface area contributed by atoms with Gasteiger partial charge in [0.1, 0.15) is 5.76 Å². The van der Waals surface area contributed by atoms with Crippen LogP contribution in [0.5, 0.6) is 0 Å². The van der Waals surface area contributed by atoms with Crippen molar-refractivity contribution in [2.24, 2.45) is 23.7 Å². The quantitative estimate of drug-likeness (QED) is 0.902. The fourth-order valence-corrected chi connectivity index (χ4v) is 5.05. The Bertz CT molecular complexity index is 612. The lowest BCUT2D eigenvalue weighted by atomic mass is 9.84. The highest BCUT2D eigenvalue weighted by molar-refractivity contribution is 5.89. The summed E-state index contributed by atoms with van der Waals surface area (Å²) in [5.41, 5.74) is 0. The van der Waals surface area contributed by atoms with Crippen molar-refractivity contribution >= 4 is 11.8 Å². The maximum Gasteiger partial charge on any atom is 0.225 e. The van der Waals surface area contributed by atoms with Gasteiger partial charge in [0.05, 0.1) is 18.7 Å². The molecular weight excluding hydrogens is 304 g/mol. The Labute approximate surface area is 142 Å². The predicted molar refractivity (Wildman–Crippen MR) is 88.8 cm³/mol. The number of hydrogen-bond donors (Lipinski definition) is 1. The second-order valence-corrected chi connectivity index (χ2v) is 7.89. The van der Waals surface area contributed by atoms with Crippen molar-refractivity contribution in [2.45, 2.75) is 51.6 Å². The number of hydrogen-bond acceptors (Lipinski definition) is 3. The SMILES string of the molecule is C[C@H](NC(=O)[C@@H]1CC(=O)N(Cc2ccco2)C1)[C@@H]1C[C@H]2CC[C@H]1C2. The Morgan fingerprint density at radius 1 is 1.42 bits per heavy atom. The molecule has 3 aliphatic rings. The lowest BCUT2D eigenvalue weighted by molar-refractivity contribution is -0.129. The number of nitrogens with zero attached hydrogens (tertiary/aromatic N) is 1. The minimum absolute atomic E-state index is 0.0409. The molecule has 5 atom stereocenters. The fraction of sp³-hybridized carbons (Fsp3) is 0.684. The summed E-state index contributed by atoms with van der Waals surface area (Å²) in [5.74, 6) is 2.93. The van der Waals surface area contributed by atoms with Crippen LogP contribution in [0, 0.1) is 23.7 Å². The van der Waals surface area contributed by atoms with Crippen LogP contribution in [-0.4, -0.2) is 29.3 Å². The van der Waals surface area contributed by atoms with Gasteiger partial charge in [-0.1, -0.05) is 6.42 Å². The third-order valence-corrected chi connectivity index (χ3v) is 6.32. The summed E-state index contributed by atoms with van der Waals surface area (Å²) in [5, 5.41) is 3.21. The maximum atomic E-state index is 12.6. The maximum absolute atomic E-state index is 12.6. The van der Waals surface area contributed by atoms with E-state index in [1.54, 1.807) is 11.2 Å². The zero-order chi connectivity index (χ0) is 16.7. The first-order valence-corrected chi connectivity index (χ1v) is 9.20. The summed E-state index contributed by atoms with van der Waals surface area (Å²) in [6, 6.07) is 3.90. The van der Waals surface area contributed by atoms with E-state index in [4.69, 9.17) is 4.42 Å². The number of furan rings is 1. The first kappa shape index (κ1) is 15.7. The second kappa shape index (κ2) is 6.26. The Morgan fingerprint density at radius 3 is 2.96 bits per heavy atom. The van der Waals surface area contributed by atoms with Crippen LogP contribution in [0.15, 0.2) is 22.8 Å². The molecule has 5 heteroatoms. The van der Waals surface area contributed by atoms with Crippen LogP contribution in [0.4, 0.5) is 0 Å². The van der Waals surface area contributed by atoms with Crippen molar-refractivity contribution in [1.29, 1.82) is 0 Å². The largest absolute Gasteiger partial charge is 0.467 e. The molecule has 0 unspecified atom stereocenters. The van der Waals surface area contributed by atoms with Gasteiger partial charge in [-0.2, -0.15) is 0 Å². The molecule has 0 aromatic carbocycles. The van der Waals surface area contributed by atoms with Crippen molar-refractivity contribution in [3.63, 3.8) is 0 Å². The van der Waals surface area contributed by atoms with Crippen molar-refractivity contribution in [3.8, 4) is 0 Å². The summed E-state index contributed by atoms with van der Waals surface area (Å²) < 4.78 is 5.31. The lowest BCUT2D eigenvalue weighted by Gasteiger charge is -2.29. The molecule has 130 valence electrons. The predicted octanol–water partition coefficient (Wildman–Crippen LogP) is 2.57. The molecule has 2 heterocycles. The minimum Gasteiger partial charge on any atom is -0.467 e. The third kappa shape index (κ3) is 2.96. The van der Waals surface area contributed by atoms with E-state index in [1.807, 2.05) is 12.1 Å². The van der Waals surface area contributed by atoms with Gasteiger partial charge < -0.3 is 14.6 Å². The molecule has 1 aromatic heterocycles. The van der Waals surface area contributed by atoms with Gasteiger partial charge >= 0.3 is 0 Å². The molecule has 5 nitrogen and oxygen atoms in total. The molecule has 3 fully saturated rings. The van der Waals surface area contributed by atoms with Gasteiger partial charge in [-0.15, -0.1) is 0 Å². The normalized spacial score (nSPS) is 33.2. The molecule has 1 aromatic rings. The topological polar surface area (TPSA) is 62.6 Å². The zero-order valence-corrected chi connectivity index (χ0v) is 14.2. The summed E-state index contributed by atoms with van der Waals surface area (Å²) in [4.78, 5) is 26.5. The fourth-order valence-electron chi connectivity index (χ4n) is 5.05. The molecule has 1 aliphatic heterocycles. The molecule has 24 heavy (non-hydrogen) atoms. The van der Waals surface area contributed by atoms with Gasteiger partial charge in [0, 0.05) is 19.0 Å². The smallest absolute Gasteiger partial charge is 0.225 e. The molecule has 2 bridgehead atoms. The van der Waals surface area contributed by atoms with Gasteiger partial charge in [-0.3, -0.25) is 9.59 Å². The van der Waals surface area contributed by atoms with Crippen LogP contribution < -0.4 is 5.32 Å². The number of carbonyl (C=O) groups excluding carboxylic acids is 2. The monoisotopic (exact) mass is 330 g/mol. The molecular formula is C19H26N2O3. The molecule has 2 amide bonds. The van der Waals surface area contributed by atoms with Gasteiger partial charge in [-0.25, -0.2) is 0 Å². The number of rotatable bonds is 5. The van der Waals surface area contributed by atoms with Crippen LogP contribution in [0.1, 0.15) is 44.8 Å². The summed E-state index contributed by atoms with van der Waals surface area (Å²) in [6.07, 6.45) is 7.24. The standard InChI is InChI=1S/C19H26N2O3/c1-12(17-8-13-4-5-14(17)7-13)20-19(23)15-9-18(22)21(10-15)11-16-3-2-6-24-16/h2-3,6,12-15,17H,4-5,7-11H2,1H3,(H,20,23)/t12-,13-,14-,15+,17-/m0/s1. The Morgan fingerprint density at radius 2 is 2.29 bits per heavy atom. The zero-order valence-electron chi connectivity index (χ0n) is 14.2. The van der Waals surface area contributed by atoms with Crippen LogP contribution >= 0.6 is 0 Å². The van der Waals surface area contributed by atoms with Gasteiger partial charge in [0.2, 0.25) is 11.8 Å². The van der Waals surface area contributed by atoms with Crippen LogP contribution in [0.2, 0.25) is 0 Å². The van der Waals surface area contributed by atoms with Crippen molar-refractivity contribution in [2.75, 3.05) is 6.54 Å². The second-order valence-electron chi connectivity index (χ2n) is 7.89. The third-order valence-electron chi connectivity index (χ3n) is 6.32. The van der Waals surface area contributed by atoms with Gasteiger partial charge in [0.15, 0.2) is 0 Å². The molecule has 2 aliphatic carbocycles. The first-order valence-electron chi connectivity index (χ1n) is 9.20. The van der Waals surface area contributed by atoms with Crippen LogP contribution in [0.3, 0.4) is 0 Å². The van der Waals surface area contributed by atoms with Gasteiger partial charge in [0.25, 0.3) is 0 Å². The van der Waals surface area contributed by atoms with E-state index in [0.717, 1.165) is 17.6 Å². The summed E-state index contributed by atoms with van der Waals surface area (Å²) >= 11 is 0. The highest BCUT2D eigenvalue weighted by Crippen LogP contribution is 2.49. The highest BCUT2D eigenvalue weighted by atomic mass is 16.3. The van der Waals surface area contributed by atoms with E-state index < -0.39 is 0 Å². The average Bonchev–Trinajstić information content (AvgIpc) is 3.32. The lowest BCUT2D eigenvalue weighted by Crippen LogP contribution is -2.43. The van der Waals surface area contributed by atoms with E-state index in [2.05, 4.69) is 12.2 Å². The number of amides is 2. The Balaban J connectivity index is 1.31. The highest BCUT2D eigenvalue weighted by Gasteiger charge is 2.43. The van der Waals surface area contributed by atoms with E-state index >= 15 is 0 Å². The average molecular weight is 330 g/mol. The van der Waals surface area contributed by atoms with E-state index in [9.17, 15) is 9.59 Å². The molecule has 0 spiro atoms. The number of carbonyl (C=O) groups is 2. The Kier molecular flexibility index (Phi) is 4.10. The van der Waals surface area contributed by atoms with E-state index in [1.165, 1.54) is 25.7 Å². The van der Waals surface area contributed by atoms with Gasteiger partial charge in [-0.05, 0) is 56.1 Å². The van der Waals surface area contributed by atoms with Crippen molar-refractivity contribution in [1.82, 2.24) is 10.2 Å². The number of likely N-dealkylation sites (tertiary alicyclic amines) is 1. The van der Waals surface area contributed by atoms with E-state index in [-0.39, 0.29) is 23.8 Å². The molecule has 4 rings (SSSR count). The minimum atomic E-state index is -0.228.